The van der Waals surface area contributed by atoms with Gasteiger partial charge in [-0.3, -0.25) is 4.79 Å². The average Bonchev–Trinajstić information content (AvgIpc) is 2.15. The molecular weight excluding hydrogens is 192 g/mol. The van der Waals surface area contributed by atoms with Crippen molar-refractivity contribution in [3.63, 3.8) is 0 Å². The zero-order chi connectivity index (χ0) is 11.6. The Morgan fingerprint density at radius 2 is 1.93 bits per heavy atom. The van der Waals surface area contributed by atoms with Crippen LogP contribution in [0.25, 0.3) is 0 Å². The van der Waals surface area contributed by atoms with Crippen molar-refractivity contribution in [2.24, 2.45) is 0 Å². The zero-order valence-electron chi connectivity index (χ0n) is 9.48. The summed E-state index contributed by atoms with van der Waals surface area (Å²) in [6, 6.07) is 1.89. The van der Waals surface area contributed by atoms with E-state index in [1.165, 1.54) is 0 Å². The highest BCUT2D eigenvalue weighted by Crippen LogP contribution is 2.17. The molecule has 0 aliphatic rings. The van der Waals surface area contributed by atoms with Crippen molar-refractivity contribution >= 4 is 5.97 Å². The average molecular weight is 208 g/mol. The fraction of sp³-hybridized carbons (Fsp3) is 0.545. The van der Waals surface area contributed by atoms with Gasteiger partial charge in [-0.1, -0.05) is 13.8 Å². The molecule has 1 aromatic heterocycles. The topological polar surface area (TPSA) is 63.1 Å². The number of hydrogen-bond acceptors (Lipinski definition) is 3. The lowest BCUT2D eigenvalue weighted by Crippen LogP contribution is -2.13. The van der Waals surface area contributed by atoms with Crippen molar-refractivity contribution in [3.8, 4) is 0 Å². The van der Waals surface area contributed by atoms with E-state index in [0.717, 1.165) is 11.4 Å². The standard InChI is InChI=1S/C11H16N2O2/c1-6(2)9-5-7(3)12-10(13-9)8(4)11(14)15/h5-6,8H,1-4H3,(H,14,15). The first kappa shape index (κ1) is 11.6. The SMILES string of the molecule is Cc1cc(C(C)C)nc(C(C)C(=O)O)n1. The number of carboxylic acid groups (broad SMARTS) is 1. The molecule has 0 fully saturated rings. The van der Waals surface area contributed by atoms with Crippen molar-refractivity contribution < 1.29 is 9.90 Å². The maximum absolute atomic E-state index is 10.8. The number of aliphatic carboxylic acids is 1. The quantitative estimate of drug-likeness (QED) is 0.826. The Balaban J connectivity index is 3.14. The van der Waals surface area contributed by atoms with Crippen LogP contribution in [0.5, 0.6) is 0 Å². The maximum Gasteiger partial charge on any atom is 0.313 e. The third kappa shape index (κ3) is 2.75. The second kappa shape index (κ2) is 4.38. The second-order valence-electron chi connectivity index (χ2n) is 4.01. The first-order chi connectivity index (χ1) is 6.91. The molecule has 0 aliphatic heterocycles. The molecule has 0 bridgehead atoms. The second-order valence-corrected chi connectivity index (χ2v) is 4.01. The highest BCUT2D eigenvalue weighted by Gasteiger charge is 2.18. The molecule has 1 aromatic rings. The molecule has 1 rings (SSSR count). The van der Waals surface area contributed by atoms with Crippen LogP contribution < -0.4 is 0 Å². The van der Waals surface area contributed by atoms with E-state index in [-0.39, 0.29) is 5.92 Å². The van der Waals surface area contributed by atoms with Gasteiger partial charge in [0.15, 0.2) is 0 Å². The van der Waals surface area contributed by atoms with E-state index >= 15 is 0 Å². The molecule has 15 heavy (non-hydrogen) atoms. The molecule has 0 amide bonds. The predicted molar refractivity (Wildman–Crippen MR) is 56.9 cm³/mol. The van der Waals surface area contributed by atoms with E-state index in [4.69, 9.17) is 5.11 Å². The van der Waals surface area contributed by atoms with Gasteiger partial charge in [-0.25, -0.2) is 9.97 Å². The summed E-state index contributed by atoms with van der Waals surface area (Å²) < 4.78 is 0. The summed E-state index contributed by atoms with van der Waals surface area (Å²) in [6.45, 7) is 7.50. The molecule has 4 nitrogen and oxygen atoms in total. The van der Waals surface area contributed by atoms with Crippen LogP contribution in [0, 0.1) is 6.92 Å². The van der Waals surface area contributed by atoms with Crippen molar-refractivity contribution in [1.82, 2.24) is 9.97 Å². The Hall–Kier alpha value is -1.45. The minimum Gasteiger partial charge on any atom is -0.481 e. The Bertz CT molecular complexity index is 375. The van der Waals surface area contributed by atoms with Crippen molar-refractivity contribution in [2.45, 2.75) is 39.5 Å². The van der Waals surface area contributed by atoms with Gasteiger partial charge in [0.2, 0.25) is 0 Å². The molecule has 0 spiro atoms. The fourth-order valence-corrected chi connectivity index (χ4v) is 1.22. The van der Waals surface area contributed by atoms with Gasteiger partial charge in [0.1, 0.15) is 11.7 Å². The molecule has 1 N–H and O–H groups in total. The van der Waals surface area contributed by atoms with Gasteiger partial charge in [0, 0.05) is 11.4 Å². The number of rotatable bonds is 3. The molecule has 0 aromatic carbocycles. The van der Waals surface area contributed by atoms with Crippen LogP contribution in [0.15, 0.2) is 6.07 Å². The molecule has 0 radical (unpaired) electrons. The van der Waals surface area contributed by atoms with Gasteiger partial charge in [0.25, 0.3) is 0 Å². The van der Waals surface area contributed by atoms with Gasteiger partial charge < -0.3 is 5.11 Å². The van der Waals surface area contributed by atoms with Gasteiger partial charge in [-0.15, -0.1) is 0 Å². The molecule has 1 atom stereocenters. The van der Waals surface area contributed by atoms with Crippen LogP contribution in [-0.4, -0.2) is 21.0 Å². The van der Waals surface area contributed by atoms with E-state index in [9.17, 15) is 4.79 Å². The van der Waals surface area contributed by atoms with Gasteiger partial charge >= 0.3 is 5.97 Å². The molecule has 82 valence electrons. The first-order valence-electron chi connectivity index (χ1n) is 5.00. The van der Waals surface area contributed by atoms with Crippen LogP contribution in [0.1, 0.15) is 49.8 Å². The van der Waals surface area contributed by atoms with E-state index in [1.54, 1.807) is 6.92 Å². The van der Waals surface area contributed by atoms with Crippen LogP contribution in [-0.2, 0) is 4.79 Å². The van der Waals surface area contributed by atoms with Crippen LogP contribution in [0.3, 0.4) is 0 Å². The largest absolute Gasteiger partial charge is 0.481 e. The highest BCUT2D eigenvalue weighted by molar-refractivity contribution is 5.74. The Kier molecular flexibility index (Phi) is 3.39. The van der Waals surface area contributed by atoms with Crippen LogP contribution in [0.2, 0.25) is 0 Å². The van der Waals surface area contributed by atoms with Gasteiger partial charge in [-0.05, 0) is 25.8 Å². The minimum absolute atomic E-state index is 0.284. The summed E-state index contributed by atoms with van der Waals surface area (Å²) in [7, 11) is 0. The summed E-state index contributed by atoms with van der Waals surface area (Å²) >= 11 is 0. The highest BCUT2D eigenvalue weighted by atomic mass is 16.4. The summed E-state index contributed by atoms with van der Waals surface area (Å²) in [4.78, 5) is 19.2. The summed E-state index contributed by atoms with van der Waals surface area (Å²) in [6.07, 6.45) is 0. The van der Waals surface area contributed by atoms with E-state index in [1.807, 2.05) is 26.8 Å². The number of carboxylic acids is 1. The minimum atomic E-state index is -0.893. The lowest BCUT2D eigenvalue weighted by atomic mass is 10.1. The monoisotopic (exact) mass is 208 g/mol. The van der Waals surface area contributed by atoms with Crippen molar-refractivity contribution in [2.75, 3.05) is 0 Å². The molecule has 4 heteroatoms. The van der Waals surface area contributed by atoms with Crippen molar-refractivity contribution in [1.29, 1.82) is 0 Å². The number of hydrogen-bond donors (Lipinski definition) is 1. The lowest BCUT2D eigenvalue weighted by molar-refractivity contribution is -0.138. The van der Waals surface area contributed by atoms with Gasteiger partial charge in [0.05, 0.1) is 0 Å². The number of aromatic nitrogens is 2. The third-order valence-corrected chi connectivity index (χ3v) is 2.24. The zero-order valence-corrected chi connectivity index (χ0v) is 9.48. The molecule has 0 aliphatic carbocycles. The number of nitrogens with zero attached hydrogens (tertiary/aromatic N) is 2. The Labute approximate surface area is 89.4 Å². The smallest absolute Gasteiger partial charge is 0.313 e. The maximum atomic E-state index is 10.8. The molecule has 1 heterocycles. The van der Waals surface area contributed by atoms with Crippen LogP contribution >= 0.6 is 0 Å². The normalized spacial score (nSPS) is 12.9. The Morgan fingerprint density at radius 1 is 1.33 bits per heavy atom. The Morgan fingerprint density at radius 3 is 2.40 bits per heavy atom. The third-order valence-electron chi connectivity index (χ3n) is 2.24. The summed E-state index contributed by atoms with van der Waals surface area (Å²) in [5, 5.41) is 8.88. The van der Waals surface area contributed by atoms with Crippen LogP contribution in [0.4, 0.5) is 0 Å². The molecule has 0 saturated heterocycles. The van der Waals surface area contributed by atoms with E-state index in [2.05, 4.69) is 9.97 Å². The molecule has 0 saturated carbocycles. The lowest BCUT2D eigenvalue weighted by Gasteiger charge is -2.10. The molecule has 1 unspecified atom stereocenters. The van der Waals surface area contributed by atoms with Crippen molar-refractivity contribution in [3.05, 3.63) is 23.3 Å². The summed E-state index contributed by atoms with van der Waals surface area (Å²) in [5.74, 6) is -0.865. The number of aryl methyl sites for hydroxylation is 1. The van der Waals surface area contributed by atoms with Gasteiger partial charge in [-0.2, -0.15) is 0 Å². The number of carbonyl (C=O) groups is 1. The summed E-state index contributed by atoms with van der Waals surface area (Å²) in [5.41, 5.74) is 1.71. The van der Waals surface area contributed by atoms with E-state index < -0.39 is 11.9 Å². The predicted octanol–water partition coefficient (Wildman–Crippen LogP) is 2.10. The first-order valence-corrected chi connectivity index (χ1v) is 5.00. The van der Waals surface area contributed by atoms with E-state index in [0.29, 0.717) is 5.82 Å². The molecular formula is C11H16N2O2. The fourth-order valence-electron chi connectivity index (χ4n) is 1.22.